The standard InChI is InChI=1S/C37H41Cl2F2N8O5P/c1-3-35(26(2)54-55(38,39)51)49-36(50)48(25-44-49)31-7-5-29(6-8-31)45-14-16-46(17-15-45)30-9-11-32(12-10-30)52-20-27-19-37(53-21-27,22-47-24-42-23-43-47)33-13-4-28(40)18-34(33)41/h4-13,18,23-27,35H,3,14-17,19-22H2,1-2H3/t26-,27+,35-,37-/m0/s1. The Kier molecular flexibility index (Phi) is 11.7. The van der Waals surface area contributed by atoms with Crippen molar-refractivity contribution in [3.8, 4) is 11.4 Å². The largest absolute Gasteiger partial charge is 0.493 e. The zero-order valence-electron chi connectivity index (χ0n) is 30.3. The third-order valence-electron chi connectivity index (χ3n) is 10.2. The second-order valence-electron chi connectivity index (χ2n) is 13.8. The fourth-order valence-electron chi connectivity index (χ4n) is 7.49. The Labute approximate surface area is 326 Å². The smallest absolute Gasteiger partial charge is 0.380 e. The SMILES string of the molecule is CC[C@@H]([C@H](C)OP(=O)(Cl)Cl)n1ncn(-c2ccc(N3CCN(c4ccc(OC[C@@H]5CO[C@@](Cn6cncn6)(c6ccc(F)cc6F)C5)cc4)CC3)cc2)c1=O. The lowest BCUT2D eigenvalue weighted by Crippen LogP contribution is -2.46. The van der Waals surface area contributed by atoms with Crippen LogP contribution in [0.5, 0.6) is 5.75 Å². The Balaban J connectivity index is 0.918. The molecule has 0 bridgehead atoms. The van der Waals surface area contributed by atoms with Gasteiger partial charge < -0.3 is 23.8 Å². The third kappa shape index (κ3) is 8.92. The van der Waals surface area contributed by atoms with E-state index in [2.05, 4.69) is 25.0 Å². The highest BCUT2D eigenvalue weighted by atomic mass is 35.9. The fraction of sp³-hybridized carbons (Fsp3) is 0.405. The minimum Gasteiger partial charge on any atom is -0.493 e. The molecule has 5 aromatic rings. The summed E-state index contributed by atoms with van der Waals surface area (Å²) in [6.07, 6.45) is 0.893. The number of hydrogen-bond acceptors (Lipinski definition) is 10. The van der Waals surface area contributed by atoms with Crippen LogP contribution in [0.15, 0.2) is 90.5 Å². The van der Waals surface area contributed by atoms with Crippen molar-refractivity contribution in [2.45, 2.75) is 51.0 Å². The predicted molar refractivity (Wildman–Crippen MR) is 205 cm³/mol. The summed E-state index contributed by atoms with van der Waals surface area (Å²) in [7, 11) is 0. The third-order valence-corrected chi connectivity index (χ3v) is 11.3. The van der Waals surface area contributed by atoms with Crippen molar-refractivity contribution in [1.29, 1.82) is 0 Å². The summed E-state index contributed by atoms with van der Waals surface area (Å²) in [5, 5.41) is 8.47. The number of hydrogen-bond donors (Lipinski definition) is 0. The Hall–Kier alpha value is -4.27. The van der Waals surface area contributed by atoms with E-state index >= 15 is 0 Å². The summed E-state index contributed by atoms with van der Waals surface area (Å²) in [5.41, 5.74) is 1.70. The van der Waals surface area contributed by atoms with E-state index in [0.29, 0.717) is 31.7 Å². The Bertz CT molecular complexity index is 2160. The summed E-state index contributed by atoms with van der Waals surface area (Å²) >= 11 is 11.2. The summed E-state index contributed by atoms with van der Waals surface area (Å²) < 4.78 is 62.5. The molecule has 0 radical (unpaired) electrons. The lowest BCUT2D eigenvalue weighted by atomic mass is 9.87. The quantitative estimate of drug-likeness (QED) is 0.107. The molecule has 0 N–H and O–H groups in total. The number of anilines is 2. The van der Waals surface area contributed by atoms with Gasteiger partial charge in [-0.2, -0.15) is 10.2 Å². The number of benzene rings is 3. The van der Waals surface area contributed by atoms with Crippen LogP contribution in [-0.4, -0.2) is 74.6 Å². The van der Waals surface area contributed by atoms with Gasteiger partial charge in [-0.1, -0.05) is 13.0 Å². The second kappa shape index (κ2) is 16.4. The number of halogens is 4. The van der Waals surface area contributed by atoms with E-state index in [9.17, 15) is 18.1 Å². The van der Waals surface area contributed by atoms with Gasteiger partial charge in [0.05, 0.1) is 37.6 Å². The molecule has 0 spiro atoms. The van der Waals surface area contributed by atoms with Crippen LogP contribution in [-0.2, 0) is 26.0 Å². The molecule has 4 heterocycles. The maximum Gasteiger partial charge on any atom is 0.380 e. The highest BCUT2D eigenvalue weighted by molar-refractivity contribution is 8.05. The van der Waals surface area contributed by atoms with E-state index in [1.807, 2.05) is 55.5 Å². The van der Waals surface area contributed by atoms with E-state index in [4.69, 9.17) is 36.5 Å². The van der Waals surface area contributed by atoms with Gasteiger partial charge in [-0.3, -0.25) is 4.57 Å². The average molecular weight is 818 g/mol. The molecule has 2 fully saturated rings. The highest BCUT2D eigenvalue weighted by Gasteiger charge is 2.44. The van der Waals surface area contributed by atoms with Crippen molar-refractivity contribution in [3.63, 3.8) is 0 Å². The van der Waals surface area contributed by atoms with Crippen molar-refractivity contribution >= 4 is 39.9 Å². The van der Waals surface area contributed by atoms with Gasteiger partial charge >= 0.3 is 11.8 Å². The number of ether oxygens (including phenoxy) is 2. The van der Waals surface area contributed by atoms with Crippen LogP contribution in [0.25, 0.3) is 5.69 Å². The van der Waals surface area contributed by atoms with Gasteiger partial charge in [0, 0.05) is 55.1 Å². The van der Waals surface area contributed by atoms with Crippen molar-refractivity contribution < 1.29 is 27.3 Å². The van der Waals surface area contributed by atoms with E-state index in [1.54, 1.807) is 17.9 Å². The van der Waals surface area contributed by atoms with Gasteiger partial charge in [0.2, 0.25) is 0 Å². The van der Waals surface area contributed by atoms with Crippen LogP contribution < -0.4 is 20.2 Å². The van der Waals surface area contributed by atoms with Gasteiger partial charge in [-0.15, -0.1) is 0 Å². The normalized spacial score (nSPS) is 20.1. The van der Waals surface area contributed by atoms with Crippen LogP contribution in [0.1, 0.15) is 38.3 Å². The van der Waals surface area contributed by atoms with Crippen LogP contribution in [0.2, 0.25) is 0 Å². The number of rotatable bonds is 14. The van der Waals surface area contributed by atoms with E-state index in [0.717, 1.165) is 49.4 Å². The summed E-state index contributed by atoms with van der Waals surface area (Å²) in [5.74, 6) is -0.609. The first kappa shape index (κ1) is 39.0. The molecular weight excluding hydrogens is 776 g/mol. The molecule has 2 saturated heterocycles. The van der Waals surface area contributed by atoms with Crippen LogP contribution in [0.4, 0.5) is 20.2 Å². The summed E-state index contributed by atoms with van der Waals surface area (Å²) in [6, 6.07) is 18.8. The topological polar surface area (TPSA) is 122 Å². The lowest BCUT2D eigenvalue weighted by Gasteiger charge is -2.37. The van der Waals surface area contributed by atoms with E-state index in [-0.39, 0.29) is 23.7 Å². The zero-order chi connectivity index (χ0) is 38.7. The summed E-state index contributed by atoms with van der Waals surface area (Å²) in [6.45, 7) is 7.73. The number of aromatic nitrogens is 6. The van der Waals surface area contributed by atoms with Gasteiger partial charge in [-0.05, 0) is 96.8 Å². The lowest BCUT2D eigenvalue weighted by molar-refractivity contribution is -0.0206. The Morgan fingerprint density at radius 2 is 1.60 bits per heavy atom. The summed E-state index contributed by atoms with van der Waals surface area (Å²) in [4.78, 5) is 21.9. The molecule has 0 saturated carbocycles. The molecule has 7 rings (SSSR count). The molecule has 292 valence electrons. The Morgan fingerprint density at radius 1 is 0.945 bits per heavy atom. The van der Waals surface area contributed by atoms with Crippen molar-refractivity contribution in [2.24, 2.45) is 5.92 Å². The maximum atomic E-state index is 15.0. The molecule has 0 aliphatic carbocycles. The first-order valence-corrected chi connectivity index (χ1v) is 21.4. The maximum absolute atomic E-state index is 15.0. The average Bonchev–Trinajstić information content (AvgIpc) is 3.92. The zero-order valence-corrected chi connectivity index (χ0v) is 32.7. The highest BCUT2D eigenvalue weighted by Crippen LogP contribution is 2.59. The van der Waals surface area contributed by atoms with Crippen LogP contribution in [0.3, 0.4) is 0 Å². The molecule has 0 unspecified atom stereocenters. The molecule has 18 heteroatoms. The second-order valence-corrected chi connectivity index (χ2v) is 18.0. The molecular formula is C37H41Cl2F2N8O5P. The first-order chi connectivity index (χ1) is 26.4. The van der Waals surface area contributed by atoms with Gasteiger partial charge in [-0.25, -0.2) is 32.5 Å². The molecule has 55 heavy (non-hydrogen) atoms. The van der Waals surface area contributed by atoms with Crippen molar-refractivity contribution in [1.82, 2.24) is 29.1 Å². The molecule has 13 nitrogen and oxygen atoms in total. The minimum atomic E-state index is -3.79. The van der Waals surface area contributed by atoms with Crippen LogP contribution in [0, 0.1) is 17.6 Å². The van der Waals surface area contributed by atoms with Crippen LogP contribution >= 0.6 is 28.6 Å². The molecule has 0 amide bonds. The first-order valence-electron chi connectivity index (χ1n) is 18.0. The van der Waals surface area contributed by atoms with Gasteiger partial charge in [0.25, 0.3) is 0 Å². The Morgan fingerprint density at radius 3 is 2.20 bits per heavy atom. The van der Waals surface area contributed by atoms with Gasteiger partial charge in [0.15, 0.2) is 0 Å². The van der Waals surface area contributed by atoms with Gasteiger partial charge in [0.1, 0.15) is 42.0 Å². The number of piperazine rings is 1. The monoisotopic (exact) mass is 816 g/mol. The molecule has 4 atom stereocenters. The van der Waals surface area contributed by atoms with Crippen molar-refractivity contribution in [3.05, 3.63) is 113 Å². The molecule has 2 aliphatic rings. The van der Waals surface area contributed by atoms with E-state index < -0.39 is 35.5 Å². The fourth-order valence-corrected chi connectivity index (χ4v) is 8.77. The molecule has 2 aromatic heterocycles. The molecule has 3 aromatic carbocycles. The predicted octanol–water partition coefficient (Wildman–Crippen LogP) is 7.18. The number of nitrogens with zero attached hydrogens (tertiary/aromatic N) is 8. The molecule has 2 aliphatic heterocycles. The minimum absolute atomic E-state index is 0.0265. The van der Waals surface area contributed by atoms with E-state index in [1.165, 1.54) is 34.0 Å². The van der Waals surface area contributed by atoms with Crippen molar-refractivity contribution in [2.75, 3.05) is 49.2 Å².